The fourth-order valence-electron chi connectivity index (χ4n) is 16.0. The number of rotatable bonds is 9. The summed E-state index contributed by atoms with van der Waals surface area (Å²) in [6, 6.07) is 121. The Morgan fingerprint density at radius 3 is 1.07 bits per heavy atom. The second kappa shape index (κ2) is 22.9. The molecule has 5 nitrogen and oxygen atoms in total. The average Bonchev–Trinajstić information content (AvgIpc) is 1.18. The van der Waals surface area contributed by atoms with Crippen LogP contribution in [0.5, 0.6) is 0 Å². The summed E-state index contributed by atoms with van der Waals surface area (Å²) in [6.45, 7) is 0. The lowest BCUT2D eigenvalue weighted by molar-refractivity contribution is 1.08. The van der Waals surface area contributed by atoms with Gasteiger partial charge in [-0.2, -0.15) is 0 Å². The van der Waals surface area contributed by atoms with E-state index in [0.29, 0.717) is 17.5 Å². The van der Waals surface area contributed by atoms with E-state index in [-0.39, 0.29) is 0 Å². The van der Waals surface area contributed by atoms with Crippen molar-refractivity contribution in [3.8, 4) is 95.7 Å². The fourth-order valence-corrected chi connectivity index (χ4v) is 18.5. The topological polar surface area (TPSA) is 56.5 Å². The monoisotopic (exact) mass is 1320 g/mol. The number of imidazole rings is 1. The molecule has 21 aromatic rings. The van der Waals surface area contributed by atoms with Gasteiger partial charge in [0.2, 0.25) is 0 Å². The highest BCUT2D eigenvalue weighted by Gasteiger charge is 2.24. The smallest absolute Gasteiger partial charge is 0.165 e. The van der Waals surface area contributed by atoms with Crippen molar-refractivity contribution in [3.05, 3.63) is 334 Å². The van der Waals surface area contributed by atoms with Gasteiger partial charge in [-0.05, 0) is 146 Å². The summed E-state index contributed by atoms with van der Waals surface area (Å²) >= 11 is 3.78. The largest absolute Gasteiger partial charge is 0.292 e. The number of fused-ring (bicyclic) bond motifs is 15. The van der Waals surface area contributed by atoms with Gasteiger partial charge < -0.3 is 0 Å². The van der Waals surface area contributed by atoms with Gasteiger partial charge in [-0.3, -0.25) is 4.57 Å². The van der Waals surface area contributed by atoms with Gasteiger partial charge in [-0.25, -0.2) is 19.9 Å². The summed E-state index contributed by atoms with van der Waals surface area (Å²) in [4.78, 5) is 21.4. The van der Waals surface area contributed by atoms with Crippen LogP contribution in [0.3, 0.4) is 0 Å². The van der Waals surface area contributed by atoms with Gasteiger partial charge >= 0.3 is 0 Å². The number of nitrogens with zero attached hydrogens (tertiary/aromatic N) is 5. The number of hydrogen-bond acceptors (Lipinski definition) is 6. The van der Waals surface area contributed by atoms with Crippen LogP contribution in [0.4, 0.5) is 0 Å². The van der Waals surface area contributed by atoms with E-state index in [1.54, 1.807) is 0 Å². The zero-order valence-electron chi connectivity index (χ0n) is 54.3. The Kier molecular flexibility index (Phi) is 13.0. The third-order valence-corrected chi connectivity index (χ3v) is 23.1. The van der Waals surface area contributed by atoms with Gasteiger partial charge in [-0.1, -0.05) is 297 Å². The Balaban J connectivity index is 0.616. The predicted octanol–water partition coefficient (Wildman–Crippen LogP) is 26.2. The maximum atomic E-state index is 5.44. The molecule has 468 valence electrons. The van der Waals surface area contributed by atoms with E-state index < -0.39 is 0 Å². The molecule has 4 aromatic heterocycles. The maximum absolute atomic E-state index is 5.44. The van der Waals surface area contributed by atoms with Crippen molar-refractivity contribution in [2.75, 3.05) is 0 Å². The molecule has 0 unspecified atom stereocenters. The SMILES string of the molecule is c1ccc(-c2nc(-c3ccc(-c4ccc(-c5nc6ccccc6n5-c5ccc(-c6c7ccccc7c(-c7ccc8c(c7)sc7c9ccccc9ccc87)c7ccccc67)cc5)cc4)cc3)nc(-c3c4ccccc4c(-c4ccc5c(c4)sc4c6ccccc6ccc54)c4ccccc34)n2)cc1. The summed E-state index contributed by atoms with van der Waals surface area (Å²) in [6.07, 6.45) is 0. The second-order valence-electron chi connectivity index (χ2n) is 26.3. The molecule has 101 heavy (non-hydrogen) atoms. The van der Waals surface area contributed by atoms with Gasteiger partial charge in [0.05, 0.1) is 11.0 Å². The van der Waals surface area contributed by atoms with Gasteiger partial charge in [0.25, 0.3) is 0 Å². The van der Waals surface area contributed by atoms with E-state index in [1.807, 2.05) is 40.9 Å². The molecule has 0 aliphatic heterocycles. The number of aromatic nitrogens is 5. The first-order valence-electron chi connectivity index (χ1n) is 34.2. The normalized spacial score (nSPS) is 12.0. The third kappa shape index (κ3) is 9.21. The van der Waals surface area contributed by atoms with Crippen LogP contribution in [0.1, 0.15) is 0 Å². The quantitative estimate of drug-likeness (QED) is 0.135. The lowest BCUT2D eigenvalue weighted by Crippen LogP contribution is -2.01. The van der Waals surface area contributed by atoms with Gasteiger partial charge in [0, 0.05) is 68.3 Å². The number of para-hydroxylation sites is 2. The van der Waals surface area contributed by atoms with E-state index in [4.69, 9.17) is 19.9 Å². The van der Waals surface area contributed by atoms with Crippen molar-refractivity contribution < 1.29 is 0 Å². The fraction of sp³-hybridized carbons (Fsp3) is 0. The first-order valence-corrected chi connectivity index (χ1v) is 35.9. The van der Waals surface area contributed by atoms with Crippen LogP contribution >= 0.6 is 22.7 Å². The summed E-state index contributed by atoms with van der Waals surface area (Å²) in [5, 5.41) is 19.7. The Morgan fingerprint density at radius 2 is 0.574 bits per heavy atom. The third-order valence-electron chi connectivity index (χ3n) is 20.7. The lowest BCUT2D eigenvalue weighted by Gasteiger charge is -2.18. The van der Waals surface area contributed by atoms with Crippen molar-refractivity contribution in [3.63, 3.8) is 0 Å². The summed E-state index contributed by atoms with van der Waals surface area (Å²) in [5.41, 5.74) is 16.3. The highest BCUT2D eigenvalue weighted by atomic mass is 32.1. The summed E-state index contributed by atoms with van der Waals surface area (Å²) in [5.74, 6) is 2.72. The Morgan fingerprint density at radius 1 is 0.218 bits per heavy atom. The summed E-state index contributed by atoms with van der Waals surface area (Å²) < 4.78 is 7.54. The van der Waals surface area contributed by atoms with Crippen LogP contribution in [0.25, 0.3) is 212 Å². The molecular weight excluding hydrogens is 1260 g/mol. The van der Waals surface area contributed by atoms with Crippen LogP contribution in [-0.2, 0) is 0 Å². The van der Waals surface area contributed by atoms with Crippen LogP contribution in [0.15, 0.2) is 334 Å². The molecule has 0 aliphatic rings. The molecule has 21 rings (SSSR count). The molecule has 0 atom stereocenters. The average molecular weight is 1320 g/mol. The van der Waals surface area contributed by atoms with Gasteiger partial charge in [0.1, 0.15) is 5.82 Å². The highest BCUT2D eigenvalue weighted by Crippen LogP contribution is 2.49. The van der Waals surface area contributed by atoms with Crippen LogP contribution in [-0.4, -0.2) is 24.5 Å². The van der Waals surface area contributed by atoms with Crippen molar-refractivity contribution in [1.29, 1.82) is 0 Å². The molecule has 0 aliphatic carbocycles. The van der Waals surface area contributed by atoms with Crippen molar-refractivity contribution in [1.82, 2.24) is 24.5 Å². The Labute approximate surface area is 588 Å². The molecular formula is C94H55N5S2. The number of thiophene rings is 2. The van der Waals surface area contributed by atoms with Crippen LogP contribution in [0, 0.1) is 0 Å². The first kappa shape index (κ1) is 57.3. The molecule has 7 heteroatoms. The molecule has 0 amide bonds. The van der Waals surface area contributed by atoms with Gasteiger partial charge in [0.15, 0.2) is 17.5 Å². The summed E-state index contributed by atoms with van der Waals surface area (Å²) in [7, 11) is 0. The molecule has 0 radical (unpaired) electrons. The minimum absolute atomic E-state index is 0.605. The van der Waals surface area contributed by atoms with E-state index in [2.05, 4.69) is 320 Å². The maximum Gasteiger partial charge on any atom is 0.165 e. The highest BCUT2D eigenvalue weighted by molar-refractivity contribution is 7.27. The van der Waals surface area contributed by atoms with Crippen LogP contribution < -0.4 is 0 Å². The minimum Gasteiger partial charge on any atom is -0.292 e. The molecule has 4 heterocycles. The second-order valence-corrected chi connectivity index (χ2v) is 28.4. The van der Waals surface area contributed by atoms with E-state index in [9.17, 15) is 0 Å². The standard InChI is InChI=1S/C94H55N5S2/c1-2-20-61(21-3-1)91-96-92(98-93(97-91)88-77-30-14-12-28-75(77)87(76-29-13-15-31-78(76)88)65-47-51-70-80-53-45-59-19-5-7-23-68(59)90(80)101-84(70)55-65)62-38-34-56(35-39-62)57-36-40-63(41-37-57)94-95-81-32-16-17-33-82(81)99(94)66-48-42-60(43-49-66)85-71-24-8-10-26-73(71)86(74-27-11-9-25-72(74)85)64-46-50-69-79-52-44-58-18-4-6-22-67(58)89(79)100-83(69)54-64/h1-55H. The predicted molar refractivity (Wildman–Crippen MR) is 429 cm³/mol. The Hall–Kier alpha value is -12.8. The lowest BCUT2D eigenvalue weighted by atomic mass is 9.86. The van der Waals surface area contributed by atoms with E-state index in [0.717, 1.165) is 83.0 Å². The van der Waals surface area contributed by atoms with Crippen molar-refractivity contribution in [2.45, 2.75) is 0 Å². The van der Waals surface area contributed by atoms with E-state index >= 15 is 0 Å². The molecule has 17 aromatic carbocycles. The van der Waals surface area contributed by atoms with E-state index in [1.165, 1.54) is 111 Å². The number of hydrogen-bond donors (Lipinski definition) is 0. The van der Waals surface area contributed by atoms with Gasteiger partial charge in [-0.15, -0.1) is 22.7 Å². The zero-order valence-corrected chi connectivity index (χ0v) is 55.9. The van der Waals surface area contributed by atoms with Crippen molar-refractivity contribution in [2.24, 2.45) is 0 Å². The van der Waals surface area contributed by atoms with Crippen LogP contribution in [0.2, 0.25) is 0 Å². The molecule has 0 N–H and O–H groups in total. The number of benzene rings is 17. The molecule has 0 spiro atoms. The zero-order chi connectivity index (χ0) is 66.2. The van der Waals surface area contributed by atoms with Crippen molar-refractivity contribution >= 4 is 139 Å². The molecule has 0 bridgehead atoms. The Bertz CT molecular complexity index is 6870. The minimum atomic E-state index is 0.605. The molecule has 0 saturated heterocycles. The molecule has 0 fully saturated rings. The first-order chi connectivity index (χ1) is 50.1. The molecule has 0 saturated carbocycles.